The van der Waals surface area contributed by atoms with Gasteiger partial charge in [0.15, 0.2) is 0 Å². The van der Waals surface area contributed by atoms with Gasteiger partial charge in [-0.2, -0.15) is 0 Å². The van der Waals surface area contributed by atoms with Gasteiger partial charge in [0, 0.05) is 5.56 Å². The lowest BCUT2D eigenvalue weighted by molar-refractivity contribution is -0.143. The Balaban J connectivity index is 1.89. The van der Waals surface area contributed by atoms with Gasteiger partial charge in [-0.25, -0.2) is 0 Å². The van der Waals surface area contributed by atoms with Crippen molar-refractivity contribution in [3.05, 3.63) is 22.3 Å². The van der Waals surface area contributed by atoms with E-state index in [9.17, 15) is 4.79 Å². The van der Waals surface area contributed by atoms with E-state index >= 15 is 0 Å². The minimum atomic E-state index is -0.527. The minimum absolute atomic E-state index is 0.120. The Morgan fingerprint density at radius 3 is 1.95 bits per heavy atom. The summed E-state index contributed by atoms with van der Waals surface area (Å²) in [6.07, 6.45) is 13.8. The van der Waals surface area contributed by atoms with Gasteiger partial charge in [0.2, 0.25) is 0 Å². The molecule has 3 nitrogen and oxygen atoms in total. The summed E-state index contributed by atoms with van der Waals surface area (Å²) in [5, 5.41) is 0. The van der Waals surface area contributed by atoms with E-state index in [0.717, 1.165) is 65.2 Å². The van der Waals surface area contributed by atoms with Gasteiger partial charge >= 0.3 is 5.97 Å². The first-order chi connectivity index (χ1) is 17.1. The first-order valence-electron chi connectivity index (χ1n) is 15.2. The van der Waals surface area contributed by atoms with Crippen LogP contribution in [0.15, 0.2) is 0 Å². The molecule has 1 aliphatic rings. The summed E-state index contributed by atoms with van der Waals surface area (Å²) in [4.78, 5) is 12.6. The summed E-state index contributed by atoms with van der Waals surface area (Å²) in [6, 6.07) is 0. The molecule has 0 aromatic heterocycles. The summed E-state index contributed by atoms with van der Waals surface area (Å²) >= 11 is 0. The number of rotatable bonds is 13. The van der Waals surface area contributed by atoms with Gasteiger partial charge in [0.25, 0.3) is 0 Å². The molecule has 3 heteroatoms. The second-order valence-electron chi connectivity index (χ2n) is 14.1. The zero-order valence-electron chi connectivity index (χ0n) is 26.2. The van der Waals surface area contributed by atoms with E-state index in [1.807, 2.05) is 20.8 Å². The number of carbonyl (C=O) groups is 1. The largest absolute Gasteiger partial charge is 0.487 e. The van der Waals surface area contributed by atoms with Gasteiger partial charge in [-0.3, -0.25) is 4.79 Å². The maximum atomic E-state index is 12.6. The highest BCUT2D eigenvalue weighted by atomic mass is 16.5. The zero-order chi connectivity index (χ0) is 28.0. The van der Waals surface area contributed by atoms with Crippen molar-refractivity contribution in [2.45, 2.75) is 152 Å². The molecule has 0 amide bonds. The monoisotopic (exact) mass is 514 g/mol. The summed E-state index contributed by atoms with van der Waals surface area (Å²) in [7, 11) is 0. The van der Waals surface area contributed by atoms with Crippen molar-refractivity contribution >= 4 is 5.97 Å². The van der Waals surface area contributed by atoms with Crippen molar-refractivity contribution in [1.29, 1.82) is 0 Å². The Morgan fingerprint density at radius 1 is 0.865 bits per heavy atom. The second-order valence-corrected chi connectivity index (χ2v) is 14.1. The molecule has 2 rings (SSSR count). The highest BCUT2D eigenvalue weighted by Crippen LogP contribution is 2.45. The molecule has 37 heavy (non-hydrogen) atoms. The van der Waals surface area contributed by atoms with Gasteiger partial charge in [0.05, 0.1) is 5.41 Å². The lowest BCUT2D eigenvalue weighted by Gasteiger charge is -2.38. The van der Waals surface area contributed by atoms with Crippen LogP contribution in [0.2, 0.25) is 0 Å². The Hall–Kier alpha value is -1.51. The minimum Gasteiger partial charge on any atom is -0.487 e. The molecule has 0 aliphatic carbocycles. The van der Waals surface area contributed by atoms with E-state index in [1.54, 1.807) is 0 Å². The van der Waals surface area contributed by atoms with Gasteiger partial charge in [0.1, 0.15) is 17.1 Å². The molecule has 0 radical (unpaired) electrons. The van der Waals surface area contributed by atoms with Crippen LogP contribution < -0.4 is 9.47 Å². The molecular formula is C34H58O3. The molecule has 1 heterocycles. The van der Waals surface area contributed by atoms with Crippen LogP contribution in [0.4, 0.5) is 0 Å². The Kier molecular flexibility index (Phi) is 11.6. The Morgan fingerprint density at radius 2 is 1.41 bits per heavy atom. The molecule has 3 atom stereocenters. The molecule has 1 aliphatic heterocycles. The van der Waals surface area contributed by atoms with Crippen LogP contribution in [-0.4, -0.2) is 11.6 Å². The van der Waals surface area contributed by atoms with Crippen LogP contribution in [0, 0.1) is 43.9 Å². The SMILES string of the molecule is Cc1c(C)c2c(c(C)c1OC(=O)C(C)(C)C)CCC(C)(CCCC(C)CCCC(C)CCCC(C)C)O2. The van der Waals surface area contributed by atoms with E-state index in [1.165, 1.54) is 56.9 Å². The van der Waals surface area contributed by atoms with E-state index < -0.39 is 5.41 Å². The van der Waals surface area contributed by atoms with Crippen molar-refractivity contribution in [2.75, 3.05) is 0 Å². The lowest BCUT2D eigenvalue weighted by Crippen LogP contribution is -2.37. The molecule has 0 saturated heterocycles. The molecule has 212 valence electrons. The topological polar surface area (TPSA) is 35.5 Å². The molecule has 0 spiro atoms. The summed E-state index contributed by atoms with van der Waals surface area (Å²) in [5.41, 5.74) is 3.76. The molecule has 1 aromatic rings. The van der Waals surface area contributed by atoms with Crippen molar-refractivity contribution in [2.24, 2.45) is 23.2 Å². The maximum absolute atomic E-state index is 12.6. The number of hydrogen-bond donors (Lipinski definition) is 0. The number of esters is 1. The van der Waals surface area contributed by atoms with Gasteiger partial charge in [-0.15, -0.1) is 0 Å². The average Bonchev–Trinajstić information content (AvgIpc) is 2.79. The lowest BCUT2D eigenvalue weighted by atomic mass is 9.83. The predicted molar refractivity (Wildman–Crippen MR) is 158 cm³/mol. The fraction of sp³-hybridized carbons (Fsp3) is 0.794. The highest BCUT2D eigenvalue weighted by Gasteiger charge is 2.35. The third-order valence-corrected chi connectivity index (χ3v) is 8.65. The molecule has 0 fully saturated rings. The predicted octanol–water partition coefficient (Wildman–Crippen LogP) is 10.1. The Labute approximate surface area is 229 Å². The van der Waals surface area contributed by atoms with Crippen LogP contribution in [0.1, 0.15) is 142 Å². The first kappa shape index (κ1) is 31.7. The average molecular weight is 515 g/mol. The molecule has 3 unspecified atom stereocenters. The number of benzene rings is 1. The van der Waals surface area contributed by atoms with Crippen LogP contribution in [-0.2, 0) is 11.2 Å². The van der Waals surface area contributed by atoms with Crippen LogP contribution in [0.3, 0.4) is 0 Å². The third-order valence-electron chi connectivity index (χ3n) is 8.65. The summed E-state index contributed by atoms with van der Waals surface area (Å²) < 4.78 is 12.7. The van der Waals surface area contributed by atoms with Gasteiger partial charge < -0.3 is 9.47 Å². The van der Waals surface area contributed by atoms with Crippen molar-refractivity contribution in [1.82, 2.24) is 0 Å². The van der Waals surface area contributed by atoms with E-state index in [4.69, 9.17) is 9.47 Å². The number of carbonyl (C=O) groups excluding carboxylic acids is 1. The molecule has 0 bridgehead atoms. The maximum Gasteiger partial charge on any atom is 0.316 e. The van der Waals surface area contributed by atoms with Crippen molar-refractivity contribution in [3.8, 4) is 11.5 Å². The van der Waals surface area contributed by atoms with Crippen LogP contribution in [0.5, 0.6) is 11.5 Å². The number of hydrogen-bond acceptors (Lipinski definition) is 3. The quantitative estimate of drug-likeness (QED) is 0.194. The third kappa shape index (κ3) is 9.32. The fourth-order valence-corrected chi connectivity index (χ4v) is 5.66. The zero-order valence-corrected chi connectivity index (χ0v) is 26.2. The summed E-state index contributed by atoms with van der Waals surface area (Å²) in [6.45, 7) is 23.8. The van der Waals surface area contributed by atoms with Crippen LogP contribution >= 0.6 is 0 Å². The van der Waals surface area contributed by atoms with Gasteiger partial charge in [-0.05, 0) is 109 Å². The van der Waals surface area contributed by atoms with Crippen molar-refractivity contribution in [3.63, 3.8) is 0 Å². The van der Waals surface area contributed by atoms with E-state index in [2.05, 4.69) is 55.4 Å². The van der Waals surface area contributed by atoms with E-state index in [-0.39, 0.29) is 11.6 Å². The molecule has 1 aromatic carbocycles. The smallest absolute Gasteiger partial charge is 0.316 e. The van der Waals surface area contributed by atoms with Crippen LogP contribution in [0.25, 0.3) is 0 Å². The van der Waals surface area contributed by atoms with Crippen molar-refractivity contribution < 1.29 is 14.3 Å². The molecule has 0 saturated carbocycles. The fourth-order valence-electron chi connectivity index (χ4n) is 5.66. The normalized spacial score (nSPS) is 19.4. The highest BCUT2D eigenvalue weighted by molar-refractivity contribution is 5.79. The standard InChI is InChI=1S/C34H58O3/c1-23(2)15-12-16-24(3)17-13-18-25(4)19-14-21-34(11)22-20-29-28(7)30(36-32(35)33(8,9)10)26(5)27(6)31(29)37-34/h23-25H,12-22H2,1-11H3. The first-order valence-corrected chi connectivity index (χ1v) is 15.2. The molecular weight excluding hydrogens is 456 g/mol. The second kappa shape index (κ2) is 13.5. The summed E-state index contributed by atoms with van der Waals surface area (Å²) in [5.74, 6) is 4.06. The molecule has 0 N–H and O–H groups in total. The number of ether oxygens (including phenoxy) is 2. The number of fused-ring (bicyclic) bond motifs is 1. The Bertz CT molecular complexity index is 892. The van der Waals surface area contributed by atoms with E-state index in [0.29, 0.717) is 0 Å². The van der Waals surface area contributed by atoms with Gasteiger partial charge in [-0.1, -0.05) is 72.6 Å².